The second kappa shape index (κ2) is 6.39. The number of rotatable bonds is 4. The van der Waals surface area contributed by atoms with Crippen molar-refractivity contribution in [3.8, 4) is 0 Å². The molecule has 0 saturated carbocycles. The van der Waals surface area contributed by atoms with Gasteiger partial charge in [-0.1, -0.05) is 41.9 Å². The fraction of sp³-hybridized carbons (Fsp3) is 0.125. The first kappa shape index (κ1) is 13.6. The molecule has 2 aromatic rings. The van der Waals surface area contributed by atoms with Crippen LogP contribution in [0.5, 0.6) is 0 Å². The van der Waals surface area contributed by atoms with Gasteiger partial charge in [0, 0.05) is 17.1 Å². The van der Waals surface area contributed by atoms with Crippen molar-refractivity contribution in [3.63, 3.8) is 0 Å². The van der Waals surface area contributed by atoms with E-state index in [0.717, 1.165) is 22.6 Å². The van der Waals surface area contributed by atoms with Crippen molar-refractivity contribution >= 4 is 17.5 Å². The highest BCUT2D eigenvalue weighted by molar-refractivity contribution is 6.30. The monoisotopic (exact) mass is 272 g/mol. The van der Waals surface area contributed by atoms with Gasteiger partial charge in [-0.2, -0.15) is 0 Å². The molecule has 0 saturated heterocycles. The molecule has 0 aliphatic carbocycles. The lowest BCUT2D eigenvalue weighted by molar-refractivity contribution is 0.0954. The highest BCUT2D eigenvalue weighted by atomic mass is 35.5. The smallest absolute Gasteiger partial charge is 0.251 e. The van der Waals surface area contributed by atoms with E-state index in [-0.39, 0.29) is 5.91 Å². The second-order valence-electron chi connectivity index (χ2n) is 4.29. The molecule has 1 radical (unpaired) electrons. The molecule has 0 unspecified atom stereocenters. The van der Waals surface area contributed by atoms with Gasteiger partial charge in [0.15, 0.2) is 0 Å². The fourth-order valence-corrected chi connectivity index (χ4v) is 1.93. The van der Waals surface area contributed by atoms with E-state index in [9.17, 15) is 4.79 Å². The summed E-state index contributed by atoms with van der Waals surface area (Å²) in [5.74, 6) is -0.0837. The van der Waals surface area contributed by atoms with E-state index in [1.54, 1.807) is 6.07 Å². The molecule has 0 bridgehead atoms. The number of nitrogens with one attached hydrogen (secondary N) is 1. The summed E-state index contributed by atoms with van der Waals surface area (Å²) >= 11 is 5.82. The minimum absolute atomic E-state index is 0.0837. The van der Waals surface area contributed by atoms with Gasteiger partial charge in [0.1, 0.15) is 0 Å². The zero-order valence-corrected chi connectivity index (χ0v) is 11.3. The third kappa shape index (κ3) is 3.83. The van der Waals surface area contributed by atoms with Crippen molar-refractivity contribution in [2.24, 2.45) is 0 Å². The Morgan fingerprint density at radius 3 is 2.47 bits per heavy atom. The average Bonchev–Trinajstić information content (AvgIpc) is 2.41. The van der Waals surface area contributed by atoms with Gasteiger partial charge in [-0.15, -0.1) is 0 Å². The van der Waals surface area contributed by atoms with Gasteiger partial charge in [-0.05, 0) is 42.7 Å². The van der Waals surface area contributed by atoms with Crippen LogP contribution in [-0.4, -0.2) is 12.5 Å². The molecule has 0 aromatic heterocycles. The Kier molecular flexibility index (Phi) is 4.58. The zero-order chi connectivity index (χ0) is 13.7. The third-order valence-corrected chi connectivity index (χ3v) is 3.13. The van der Waals surface area contributed by atoms with E-state index in [2.05, 4.69) is 12.2 Å². The summed E-state index contributed by atoms with van der Waals surface area (Å²) in [6.07, 6.45) is 0.780. The SMILES string of the molecule is [CH2]c1ccccc1C(=O)NCCc1ccc(Cl)cc1. The first-order chi connectivity index (χ1) is 9.16. The van der Waals surface area contributed by atoms with Crippen LogP contribution in [0.3, 0.4) is 0 Å². The molecule has 1 amide bonds. The molecule has 0 aliphatic rings. The Hall–Kier alpha value is -1.80. The highest BCUT2D eigenvalue weighted by Gasteiger charge is 2.06. The first-order valence-electron chi connectivity index (χ1n) is 6.10. The van der Waals surface area contributed by atoms with E-state index >= 15 is 0 Å². The number of hydrogen-bond donors (Lipinski definition) is 1. The van der Waals surface area contributed by atoms with Crippen LogP contribution in [0.15, 0.2) is 48.5 Å². The molecule has 0 spiro atoms. The topological polar surface area (TPSA) is 29.1 Å². The van der Waals surface area contributed by atoms with E-state index < -0.39 is 0 Å². The Balaban J connectivity index is 1.88. The average molecular weight is 273 g/mol. The van der Waals surface area contributed by atoms with Gasteiger partial charge in [-0.3, -0.25) is 4.79 Å². The number of hydrogen-bond acceptors (Lipinski definition) is 1. The Bertz CT molecular complexity index is 563. The molecule has 0 atom stereocenters. The zero-order valence-electron chi connectivity index (χ0n) is 10.5. The summed E-state index contributed by atoms with van der Waals surface area (Å²) in [5, 5.41) is 3.61. The largest absolute Gasteiger partial charge is 0.352 e. The van der Waals surface area contributed by atoms with Crippen LogP contribution in [0.4, 0.5) is 0 Å². The molecule has 3 heteroatoms. The Morgan fingerprint density at radius 1 is 1.11 bits per heavy atom. The highest BCUT2D eigenvalue weighted by Crippen LogP contribution is 2.10. The number of benzene rings is 2. The van der Waals surface area contributed by atoms with Crippen molar-refractivity contribution < 1.29 is 4.79 Å². The quantitative estimate of drug-likeness (QED) is 0.907. The lowest BCUT2D eigenvalue weighted by Gasteiger charge is -2.07. The predicted octanol–water partition coefficient (Wildman–Crippen LogP) is 3.49. The van der Waals surface area contributed by atoms with Crippen LogP contribution >= 0.6 is 11.6 Å². The number of carbonyl (C=O) groups excluding carboxylic acids is 1. The minimum atomic E-state index is -0.0837. The van der Waals surface area contributed by atoms with Crippen molar-refractivity contribution in [3.05, 3.63) is 77.2 Å². The summed E-state index contributed by atoms with van der Waals surface area (Å²) in [4.78, 5) is 11.9. The maximum Gasteiger partial charge on any atom is 0.251 e. The first-order valence-corrected chi connectivity index (χ1v) is 6.48. The summed E-state index contributed by atoms with van der Waals surface area (Å²) in [6, 6.07) is 14.9. The van der Waals surface area contributed by atoms with Crippen LogP contribution in [0.1, 0.15) is 21.5 Å². The van der Waals surface area contributed by atoms with Crippen LogP contribution in [0.2, 0.25) is 5.02 Å². The fourth-order valence-electron chi connectivity index (χ4n) is 1.81. The lowest BCUT2D eigenvalue weighted by atomic mass is 10.1. The number of halogens is 1. The molecule has 2 nitrogen and oxygen atoms in total. The second-order valence-corrected chi connectivity index (χ2v) is 4.73. The molecule has 0 heterocycles. The molecule has 2 rings (SSSR count). The van der Waals surface area contributed by atoms with Crippen molar-refractivity contribution in [1.82, 2.24) is 5.32 Å². The van der Waals surface area contributed by atoms with Gasteiger partial charge < -0.3 is 5.32 Å². The van der Waals surface area contributed by atoms with Gasteiger partial charge >= 0.3 is 0 Å². The molecule has 2 aromatic carbocycles. The van der Waals surface area contributed by atoms with E-state index in [1.165, 1.54) is 0 Å². The molecule has 19 heavy (non-hydrogen) atoms. The number of carbonyl (C=O) groups is 1. The number of amides is 1. The predicted molar refractivity (Wildman–Crippen MR) is 78.4 cm³/mol. The summed E-state index contributed by atoms with van der Waals surface area (Å²) in [6.45, 7) is 4.43. The van der Waals surface area contributed by atoms with Crippen molar-refractivity contribution in [2.75, 3.05) is 6.54 Å². The van der Waals surface area contributed by atoms with Gasteiger partial charge in [0.2, 0.25) is 0 Å². The molecule has 97 valence electrons. The molecule has 0 aliphatic heterocycles. The summed E-state index contributed by atoms with van der Waals surface area (Å²) in [5.41, 5.74) is 2.51. The van der Waals surface area contributed by atoms with Gasteiger partial charge in [0.25, 0.3) is 5.91 Å². The van der Waals surface area contributed by atoms with Crippen LogP contribution < -0.4 is 5.32 Å². The van der Waals surface area contributed by atoms with Crippen LogP contribution in [0, 0.1) is 6.92 Å². The Labute approximate surface area is 118 Å². The molecular weight excluding hydrogens is 258 g/mol. The lowest BCUT2D eigenvalue weighted by Crippen LogP contribution is -2.26. The van der Waals surface area contributed by atoms with Crippen LogP contribution in [-0.2, 0) is 6.42 Å². The van der Waals surface area contributed by atoms with Gasteiger partial charge in [0.05, 0.1) is 0 Å². The third-order valence-electron chi connectivity index (χ3n) is 2.87. The van der Waals surface area contributed by atoms with Crippen molar-refractivity contribution in [2.45, 2.75) is 6.42 Å². The summed E-state index contributed by atoms with van der Waals surface area (Å²) < 4.78 is 0. The maximum absolute atomic E-state index is 11.9. The van der Waals surface area contributed by atoms with Gasteiger partial charge in [-0.25, -0.2) is 0 Å². The van der Waals surface area contributed by atoms with E-state index in [0.29, 0.717) is 12.1 Å². The summed E-state index contributed by atoms with van der Waals surface area (Å²) in [7, 11) is 0. The van der Waals surface area contributed by atoms with Crippen molar-refractivity contribution in [1.29, 1.82) is 0 Å². The molecular formula is C16H15ClNO. The van der Waals surface area contributed by atoms with Crippen LogP contribution in [0.25, 0.3) is 0 Å². The molecule has 1 N–H and O–H groups in total. The molecule has 0 fully saturated rings. The maximum atomic E-state index is 11.9. The van der Waals surface area contributed by atoms with E-state index in [1.807, 2.05) is 42.5 Å². The Morgan fingerprint density at radius 2 is 1.79 bits per heavy atom. The normalized spacial score (nSPS) is 10.2. The minimum Gasteiger partial charge on any atom is -0.352 e. The van der Waals surface area contributed by atoms with E-state index in [4.69, 9.17) is 11.6 Å². The standard InChI is InChI=1S/C16H15ClNO/c1-12-4-2-3-5-15(12)16(19)18-11-10-13-6-8-14(17)9-7-13/h2-9H,1,10-11H2,(H,18,19).